The fourth-order valence-electron chi connectivity index (χ4n) is 2.76. The lowest BCUT2D eigenvalue weighted by molar-refractivity contribution is -0.116. The van der Waals surface area contributed by atoms with Gasteiger partial charge in [0.25, 0.3) is 0 Å². The van der Waals surface area contributed by atoms with Crippen molar-refractivity contribution in [3.63, 3.8) is 0 Å². The molecule has 0 radical (unpaired) electrons. The third-order valence-electron chi connectivity index (χ3n) is 4.07. The average Bonchev–Trinajstić information content (AvgIpc) is 2.58. The summed E-state index contributed by atoms with van der Waals surface area (Å²) in [5, 5.41) is 11.7. The van der Waals surface area contributed by atoms with E-state index in [1.165, 1.54) is 23.3 Å². The van der Waals surface area contributed by atoms with Crippen LogP contribution in [0.5, 0.6) is 5.75 Å². The van der Waals surface area contributed by atoms with Crippen molar-refractivity contribution in [2.24, 2.45) is 0 Å². The minimum absolute atomic E-state index is 0.145. The number of carboxylic acids is 1. The van der Waals surface area contributed by atoms with Crippen molar-refractivity contribution < 1.29 is 19.4 Å². The summed E-state index contributed by atoms with van der Waals surface area (Å²) in [6.45, 7) is 6.84. The molecule has 2 N–H and O–H groups in total. The van der Waals surface area contributed by atoms with E-state index >= 15 is 0 Å². The molecule has 5 heteroatoms. The van der Waals surface area contributed by atoms with Crippen molar-refractivity contribution >= 4 is 17.6 Å². The molecule has 0 aliphatic heterocycles. The highest BCUT2D eigenvalue weighted by Crippen LogP contribution is 2.23. The predicted molar refractivity (Wildman–Crippen MR) is 102 cm³/mol. The van der Waals surface area contributed by atoms with Crippen LogP contribution in [0.3, 0.4) is 0 Å². The number of aryl methyl sites for hydroxylation is 1. The summed E-state index contributed by atoms with van der Waals surface area (Å²) in [7, 11) is 0. The number of nitrogens with one attached hydrogen (secondary N) is 1. The van der Waals surface area contributed by atoms with Crippen LogP contribution in [0.1, 0.15) is 54.1 Å². The summed E-state index contributed by atoms with van der Waals surface area (Å²) in [6.07, 6.45) is 0.885. The van der Waals surface area contributed by atoms with Crippen LogP contribution in [0, 0.1) is 6.92 Å². The summed E-state index contributed by atoms with van der Waals surface area (Å²) in [4.78, 5) is 22.9. The van der Waals surface area contributed by atoms with Gasteiger partial charge in [-0.25, -0.2) is 4.79 Å². The number of amides is 1. The highest BCUT2D eigenvalue weighted by molar-refractivity contribution is 5.93. The van der Waals surface area contributed by atoms with E-state index in [-0.39, 0.29) is 11.5 Å². The molecule has 0 fully saturated rings. The van der Waals surface area contributed by atoms with E-state index in [1.807, 2.05) is 12.1 Å². The fourth-order valence-corrected chi connectivity index (χ4v) is 2.76. The lowest BCUT2D eigenvalue weighted by Gasteiger charge is -2.12. The molecule has 1 amide bonds. The molecule has 2 rings (SSSR count). The number of hydrogen-bond donors (Lipinski definition) is 2. The van der Waals surface area contributed by atoms with E-state index < -0.39 is 5.97 Å². The molecule has 0 bridgehead atoms. The van der Waals surface area contributed by atoms with Gasteiger partial charge in [-0.15, -0.1) is 0 Å². The van der Waals surface area contributed by atoms with Crippen LogP contribution >= 0.6 is 0 Å². The SMILES string of the molecule is Cc1cc(OCCCC(=O)Nc2cccc(C(=O)O)c2)ccc1C(C)C. The summed E-state index contributed by atoms with van der Waals surface area (Å²) in [6, 6.07) is 12.3. The van der Waals surface area contributed by atoms with Gasteiger partial charge in [0, 0.05) is 12.1 Å². The zero-order valence-electron chi connectivity index (χ0n) is 15.4. The molecule has 0 atom stereocenters. The predicted octanol–water partition coefficient (Wildman–Crippen LogP) is 4.61. The van der Waals surface area contributed by atoms with Crippen molar-refractivity contribution in [3.8, 4) is 5.75 Å². The fraction of sp³-hybridized carbons (Fsp3) is 0.333. The monoisotopic (exact) mass is 355 g/mol. The summed E-state index contributed by atoms with van der Waals surface area (Å²) >= 11 is 0. The van der Waals surface area contributed by atoms with E-state index in [4.69, 9.17) is 9.84 Å². The minimum atomic E-state index is -1.02. The van der Waals surface area contributed by atoms with Crippen LogP contribution in [0.25, 0.3) is 0 Å². The zero-order chi connectivity index (χ0) is 19.1. The minimum Gasteiger partial charge on any atom is -0.494 e. The van der Waals surface area contributed by atoms with Gasteiger partial charge in [-0.1, -0.05) is 26.0 Å². The van der Waals surface area contributed by atoms with Crippen molar-refractivity contribution in [2.45, 2.75) is 39.5 Å². The Morgan fingerprint density at radius 1 is 1.15 bits per heavy atom. The maximum Gasteiger partial charge on any atom is 0.335 e. The molecule has 0 unspecified atom stereocenters. The molecule has 138 valence electrons. The van der Waals surface area contributed by atoms with Crippen LogP contribution in [0.15, 0.2) is 42.5 Å². The number of benzene rings is 2. The van der Waals surface area contributed by atoms with Crippen LogP contribution in [-0.2, 0) is 4.79 Å². The summed E-state index contributed by atoms with van der Waals surface area (Å²) < 4.78 is 5.72. The highest BCUT2D eigenvalue weighted by atomic mass is 16.5. The Bertz CT molecular complexity index is 783. The standard InChI is InChI=1S/C21H25NO4/c1-14(2)19-10-9-18(12-15(19)3)26-11-5-8-20(23)22-17-7-4-6-16(13-17)21(24)25/h4,6-7,9-10,12-14H,5,8,11H2,1-3H3,(H,22,23)(H,24,25). The molecular weight excluding hydrogens is 330 g/mol. The van der Waals surface area contributed by atoms with Crippen molar-refractivity contribution in [1.82, 2.24) is 0 Å². The van der Waals surface area contributed by atoms with E-state index in [0.717, 1.165) is 5.75 Å². The number of hydrogen-bond acceptors (Lipinski definition) is 3. The molecule has 0 aromatic heterocycles. The third kappa shape index (κ3) is 5.62. The third-order valence-corrected chi connectivity index (χ3v) is 4.07. The van der Waals surface area contributed by atoms with Crippen LogP contribution < -0.4 is 10.1 Å². The number of rotatable bonds is 8. The highest BCUT2D eigenvalue weighted by Gasteiger charge is 2.07. The van der Waals surface area contributed by atoms with Gasteiger partial charge in [0.1, 0.15) is 5.75 Å². The summed E-state index contributed by atoms with van der Waals surface area (Å²) in [5.74, 6) is 0.101. The molecule has 26 heavy (non-hydrogen) atoms. The molecule has 0 heterocycles. The van der Waals surface area contributed by atoms with Crippen LogP contribution in [0.2, 0.25) is 0 Å². The number of carbonyl (C=O) groups excluding carboxylic acids is 1. The van der Waals surface area contributed by atoms with Gasteiger partial charge < -0.3 is 15.2 Å². The number of carboxylic acid groups (broad SMARTS) is 1. The van der Waals surface area contributed by atoms with E-state index in [9.17, 15) is 9.59 Å². The van der Waals surface area contributed by atoms with Crippen molar-refractivity contribution in [2.75, 3.05) is 11.9 Å². The smallest absolute Gasteiger partial charge is 0.335 e. The lowest BCUT2D eigenvalue weighted by atomic mass is 9.98. The van der Waals surface area contributed by atoms with Gasteiger partial charge in [-0.05, 0) is 60.7 Å². The lowest BCUT2D eigenvalue weighted by Crippen LogP contribution is -2.13. The van der Waals surface area contributed by atoms with E-state index in [0.29, 0.717) is 31.1 Å². The molecule has 0 saturated heterocycles. The summed E-state index contributed by atoms with van der Waals surface area (Å²) in [5.41, 5.74) is 3.14. The number of anilines is 1. The molecular formula is C21H25NO4. The first-order valence-electron chi connectivity index (χ1n) is 8.73. The van der Waals surface area contributed by atoms with Crippen molar-refractivity contribution in [1.29, 1.82) is 0 Å². The quantitative estimate of drug-likeness (QED) is 0.678. The molecule has 0 aliphatic rings. The topological polar surface area (TPSA) is 75.6 Å². The Morgan fingerprint density at radius 2 is 1.92 bits per heavy atom. The Hall–Kier alpha value is -2.82. The molecule has 2 aromatic rings. The number of carbonyl (C=O) groups is 2. The van der Waals surface area contributed by atoms with Gasteiger partial charge >= 0.3 is 5.97 Å². The van der Waals surface area contributed by atoms with E-state index in [2.05, 4.69) is 32.2 Å². The van der Waals surface area contributed by atoms with Gasteiger partial charge in [-0.2, -0.15) is 0 Å². The Kier molecular flexibility index (Phi) is 6.78. The van der Waals surface area contributed by atoms with Gasteiger partial charge in [-0.3, -0.25) is 4.79 Å². The van der Waals surface area contributed by atoms with Crippen LogP contribution in [-0.4, -0.2) is 23.6 Å². The second kappa shape index (κ2) is 9.04. The van der Waals surface area contributed by atoms with E-state index in [1.54, 1.807) is 12.1 Å². The normalized spacial score (nSPS) is 10.6. The molecule has 2 aromatic carbocycles. The molecule has 5 nitrogen and oxygen atoms in total. The Balaban J connectivity index is 1.77. The maximum absolute atomic E-state index is 12.0. The second-order valence-electron chi connectivity index (χ2n) is 6.56. The second-order valence-corrected chi connectivity index (χ2v) is 6.56. The van der Waals surface area contributed by atoms with Gasteiger partial charge in [0.05, 0.1) is 12.2 Å². The van der Waals surface area contributed by atoms with Crippen molar-refractivity contribution in [3.05, 3.63) is 59.2 Å². The first-order chi connectivity index (χ1) is 12.4. The van der Waals surface area contributed by atoms with Crippen LogP contribution in [0.4, 0.5) is 5.69 Å². The largest absolute Gasteiger partial charge is 0.494 e. The Morgan fingerprint density at radius 3 is 2.58 bits per heavy atom. The molecule has 0 aliphatic carbocycles. The molecule has 0 spiro atoms. The Labute approximate surface area is 154 Å². The number of aromatic carboxylic acids is 1. The average molecular weight is 355 g/mol. The van der Waals surface area contributed by atoms with Gasteiger partial charge in [0.2, 0.25) is 5.91 Å². The zero-order valence-corrected chi connectivity index (χ0v) is 15.4. The maximum atomic E-state index is 12.0. The van der Waals surface area contributed by atoms with Gasteiger partial charge in [0.15, 0.2) is 0 Å². The molecule has 0 saturated carbocycles. The first kappa shape index (κ1) is 19.5. The number of ether oxygens (including phenoxy) is 1. The first-order valence-corrected chi connectivity index (χ1v) is 8.73.